The number of hydrogen-bond acceptors (Lipinski definition) is 4. The molecule has 4 nitrogen and oxygen atoms in total. The third-order valence-electron chi connectivity index (χ3n) is 1.55. The summed E-state index contributed by atoms with van der Waals surface area (Å²) in [6.45, 7) is 0. The van der Waals surface area contributed by atoms with Crippen molar-refractivity contribution in [3.05, 3.63) is 12.0 Å². The molecule has 0 saturated heterocycles. The number of hydrogen-bond donors (Lipinski definition) is 0. The van der Waals surface area contributed by atoms with Crippen LogP contribution in [0, 0.1) is 0 Å². The summed E-state index contributed by atoms with van der Waals surface area (Å²) in [5.74, 6) is 0.550. The molecule has 13 heavy (non-hydrogen) atoms. The molecular weight excluding hydrogens is 170 g/mol. The van der Waals surface area contributed by atoms with E-state index < -0.39 is 0 Å². The Balaban J connectivity index is 3.87. The van der Waals surface area contributed by atoms with Crippen LogP contribution in [0.4, 0.5) is 0 Å². The molecule has 0 aliphatic carbocycles. The molecule has 0 aromatic rings. The van der Waals surface area contributed by atoms with Crippen molar-refractivity contribution in [2.45, 2.75) is 12.8 Å². The van der Waals surface area contributed by atoms with Gasteiger partial charge < -0.3 is 14.4 Å². The van der Waals surface area contributed by atoms with E-state index in [1.807, 2.05) is 25.1 Å². The summed E-state index contributed by atoms with van der Waals surface area (Å²) < 4.78 is 9.57. The molecule has 4 heteroatoms. The van der Waals surface area contributed by atoms with Gasteiger partial charge in [0, 0.05) is 20.5 Å². The highest BCUT2D eigenvalue weighted by Crippen LogP contribution is 2.03. The van der Waals surface area contributed by atoms with Crippen molar-refractivity contribution in [3.63, 3.8) is 0 Å². The zero-order valence-corrected chi connectivity index (χ0v) is 8.66. The normalized spacial score (nSPS) is 10.9. The van der Waals surface area contributed by atoms with Gasteiger partial charge in [-0.05, 0) is 12.5 Å². The van der Waals surface area contributed by atoms with Gasteiger partial charge in [-0.2, -0.15) is 0 Å². The molecule has 0 aromatic heterocycles. The first kappa shape index (κ1) is 11.8. The van der Waals surface area contributed by atoms with Gasteiger partial charge in [0.05, 0.1) is 14.2 Å². The van der Waals surface area contributed by atoms with E-state index in [-0.39, 0.29) is 5.97 Å². The highest BCUT2D eigenvalue weighted by Gasteiger charge is 2.00. The Morgan fingerprint density at radius 2 is 1.92 bits per heavy atom. The number of esters is 1. The van der Waals surface area contributed by atoms with E-state index in [9.17, 15) is 4.79 Å². The van der Waals surface area contributed by atoms with E-state index in [0.29, 0.717) is 12.8 Å². The minimum atomic E-state index is -0.203. The first-order valence-corrected chi connectivity index (χ1v) is 4.10. The zero-order valence-electron chi connectivity index (χ0n) is 8.66. The number of carbonyl (C=O) groups excluding carboxylic acids is 1. The first-order valence-electron chi connectivity index (χ1n) is 4.10. The van der Waals surface area contributed by atoms with Crippen molar-refractivity contribution < 1.29 is 14.3 Å². The molecule has 0 rings (SSSR count). The Kier molecular flexibility index (Phi) is 5.76. The fourth-order valence-electron chi connectivity index (χ4n) is 0.864. The van der Waals surface area contributed by atoms with E-state index in [2.05, 4.69) is 4.74 Å². The Bertz CT molecular complexity index is 187. The molecule has 0 bridgehead atoms. The van der Waals surface area contributed by atoms with Crippen LogP contribution in [0.3, 0.4) is 0 Å². The van der Waals surface area contributed by atoms with E-state index in [1.165, 1.54) is 7.11 Å². The van der Waals surface area contributed by atoms with Crippen LogP contribution < -0.4 is 0 Å². The van der Waals surface area contributed by atoms with Crippen LogP contribution in [0.5, 0.6) is 0 Å². The van der Waals surface area contributed by atoms with E-state index in [4.69, 9.17) is 4.74 Å². The SMILES string of the molecule is COC(=O)CC/C=C(/OC)N(C)C. The molecule has 0 heterocycles. The third-order valence-corrected chi connectivity index (χ3v) is 1.55. The van der Waals surface area contributed by atoms with Crippen molar-refractivity contribution in [2.24, 2.45) is 0 Å². The fraction of sp³-hybridized carbons (Fsp3) is 0.667. The first-order chi connectivity index (χ1) is 6.11. The smallest absolute Gasteiger partial charge is 0.305 e. The molecular formula is C9H17NO3. The van der Waals surface area contributed by atoms with Crippen LogP contribution in [-0.2, 0) is 14.3 Å². The molecule has 0 unspecified atom stereocenters. The Morgan fingerprint density at radius 1 is 1.31 bits per heavy atom. The summed E-state index contributed by atoms with van der Waals surface area (Å²) >= 11 is 0. The second-order valence-corrected chi connectivity index (χ2v) is 2.76. The van der Waals surface area contributed by atoms with Crippen molar-refractivity contribution in [2.75, 3.05) is 28.3 Å². The van der Waals surface area contributed by atoms with Gasteiger partial charge in [-0.1, -0.05) is 0 Å². The second kappa shape index (κ2) is 6.34. The number of carbonyl (C=O) groups is 1. The topological polar surface area (TPSA) is 38.8 Å². The van der Waals surface area contributed by atoms with Gasteiger partial charge in [0.1, 0.15) is 0 Å². The van der Waals surface area contributed by atoms with E-state index in [1.54, 1.807) is 7.11 Å². The quantitative estimate of drug-likeness (QED) is 0.475. The summed E-state index contributed by atoms with van der Waals surface area (Å²) in [7, 11) is 6.75. The predicted octanol–water partition coefficient (Wildman–Crippen LogP) is 0.989. The number of nitrogens with zero attached hydrogens (tertiary/aromatic N) is 1. The van der Waals surface area contributed by atoms with Crippen molar-refractivity contribution in [1.29, 1.82) is 0 Å². The lowest BCUT2D eigenvalue weighted by Crippen LogP contribution is -2.12. The Labute approximate surface area is 79.1 Å². The molecule has 0 aromatic carbocycles. The van der Waals surface area contributed by atoms with Crippen molar-refractivity contribution in [3.8, 4) is 0 Å². The summed E-state index contributed by atoms with van der Waals surface area (Å²) in [4.78, 5) is 12.6. The lowest BCUT2D eigenvalue weighted by molar-refractivity contribution is -0.140. The maximum Gasteiger partial charge on any atom is 0.305 e. The van der Waals surface area contributed by atoms with Crippen LogP contribution in [0.15, 0.2) is 12.0 Å². The van der Waals surface area contributed by atoms with Gasteiger partial charge in [-0.15, -0.1) is 0 Å². The van der Waals surface area contributed by atoms with Gasteiger partial charge in [0.2, 0.25) is 0 Å². The average molecular weight is 187 g/mol. The number of allylic oxidation sites excluding steroid dienone is 1. The van der Waals surface area contributed by atoms with Crippen LogP contribution in [0.25, 0.3) is 0 Å². The maximum atomic E-state index is 10.7. The second-order valence-electron chi connectivity index (χ2n) is 2.76. The molecule has 0 atom stereocenters. The molecule has 76 valence electrons. The average Bonchev–Trinajstić information content (AvgIpc) is 2.11. The molecule has 0 amide bonds. The van der Waals surface area contributed by atoms with E-state index >= 15 is 0 Å². The minimum absolute atomic E-state index is 0.203. The van der Waals surface area contributed by atoms with Crippen LogP contribution in [0.2, 0.25) is 0 Å². The molecule has 0 fully saturated rings. The lowest BCUT2D eigenvalue weighted by atomic mass is 10.3. The summed E-state index contributed by atoms with van der Waals surface area (Å²) in [5, 5.41) is 0. The van der Waals surface area contributed by atoms with Gasteiger partial charge in [0.25, 0.3) is 0 Å². The molecule has 0 saturated carbocycles. The standard InChI is InChI=1S/C9H17NO3/c1-10(2)8(12-3)6-5-7-9(11)13-4/h6H,5,7H2,1-4H3/b8-6+. The summed E-state index contributed by atoms with van der Waals surface area (Å²) in [5.41, 5.74) is 0. The maximum absolute atomic E-state index is 10.7. The monoisotopic (exact) mass is 187 g/mol. The largest absolute Gasteiger partial charge is 0.483 e. The highest BCUT2D eigenvalue weighted by molar-refractivity contribution is 5.69. The molecule has 0 radical (unpaired) electrons. The summed E-state index contributed by atoms with van der Waals surface area (Å²) in [6, 6.07) is 0. The van der Waals surface area contributed by atoms with Gasteiger partial charge >= 0.3 is 5.97 Å². The molecule has 0 aliphatic rings. The zero-order chi connectivity index (χ0) is 10.3. The number of rotatable bonds is 5. The highest BCUT2D eigenvalue weighted by atomic mass is 16.5. The van der Waals surface area contributed by atoms with Crippen LogP contribution in [0.1, 0.15) is 12.8 Å². The van der Waals surface area contributed by atoms with Crippen molar-refractivity contribution >= 4 is 5.97 Å². The van der Waals surface area contributed by atoms with Crippen molar-refractivity contribution in [1.82, 2.24) is 4.90 Å². The Morgan fingerprint density at radius 3 is 2.31 bits per heavy atom. The summed E-state index contributed by atoms with van der Waals surface area (Å²) in [6.07, 6.45) is 2.88. The number of ether oxygens (including phenoxy) is 2. The molecule has 0 aliphatic heterocycles. The molecule has 0 N–H and O–H groups in total. The van der Waals surface area contributed by atoms with Gasteiger partial charge in [-0.3, -0.25) is 4.79 Å². The fourth-order valence-corrected chi connectivity index (χ4v) is 0.864. The lowest BCUT2D eigenvalue weighted by Gasteiger charge is -2.14. The Hall–Kier alpha value is -1.19. The molecule has 0 spiro atoms. The number of methoxy groups -OCH3 is 2. The predicted molar refractivity (Wildman–Crippen MR) is 50.0 cm³/mol. The third kappa shape index (κ3) is 5.11. The minimum Gasteiger partial charge on any atom is -0.483 e. The van der Waals surface area contributed by atoms with Gasteiger partial charge in [0.15, 0.2) is 5.88 Å². The van der Waals surface area contributed by atoms with Crippen LogP contribution >= 0.6 is 0 Å². The van der Waals surface area contributed by atoms with E-state index in [0.717, 1.165) is 5.88 Å². The van der Waals surface area contributed by atoms with Gasteiger partial charge in [-0.25, -0.2) is 0 Å². The van der Waals surface area contributed by atoms with Crippen LogP contribution in [-0.4, -0.2) is 39.2 Å².